The van der Waals surface area contributed by atoms with Crippen LogP contribution in [0.2, 0.25) is 0 Å². The van der Waals surface area contributed by atoms with Crippen LogP contribution in [0.5, 0.6) is 5.75 Å². The van der Waals surface area contributed by atoms with E-state index in [1.165, 1.54) is 17.0 Å². The minimum Gasteiger partial charge on any atom is -0.508 e. The molecule has 1 N–H and O–H groups in total. The van der Waals surface area contributed by atoms with Crippen molar-refractivity contribution in [3.8, 4) is 5.75 Å². The summed E-state index contributed by atoms with van der Waals surface area (Å²) >= 11 is 0. The lowest BCUT2D eigenvalue weighted by Gasteiger charge is -2.36. The number of para-hydroxylation sites is 1. The van der Waals surface area contributed by atoms with Crippen molar-refractivity contribution in [1.29, 1.82) is 0 Å². The van der Waals surface area contributed by atoms with Gasteiger partial charge in [-0.15, -0.1) is 0 Å². The molecule has 0 radical (unpaired) electrons. The Morgan fingerprint density at radius 3 is 2.36 bits per heavy atom. The Morgan fingerprint density at radius 2 is 1.79 bits per heavy atom. The number of nitro benzene ring substituents is 1. The van der Waals surface area contributed by atoms with Crippen molar-refractivity contribution >= 4 is 11.6 Å². The molecule has 0 aliphatic rings. The van der Waals surface area contributed by atoms with Gasteiger partial charge in [0.15, 0.2) is 0 Å². The van der Waals surface area contributed by atoms with E-state index in [1.807, 2.05) is 19.0 Å². The molecule has 1 atom stereocenters. The van der Waals surface area contributed by atoms with Crippen molar-refractivity contribution in [3.05, 3.63) is 69.8 Å². The molecule has 0 aliphatic carbocycles. The number of rotatable bonds is 8. The summed E-state index contributed by atoms with van der Waals surface area (Å²) in [6.07, 6.45) is 0.693. The van der Waals surface area contributed by atoms with Gasteiger partial charge in [-0.3, -0.25) is 14.9 Å². The van der Waals surface area contributed by atoms with Gasteiger partial charge >= 0.3 is 0 Å². The van der Waals surface area contributed by atoms with Crippen LogP contribution < -0.4 is 0 Å². The van der Waals surface area contributed by atoms with Crippen LogP contribution in [0.3, 0.4) is 0 Å². The van der Waals surface area contributed by atoms with Crippen molar-refractivity contribution in [3.63, 3.8) is 0 Å². The molecule has 0 saturated heterocycles. The predicted molar refractivity (Wildman–Crippen MR) is 108 cm³/mol. The highest BCUT2D eigenvalue weighted by Crippen LogP contribution is 2.37. The molecule has 0 spiro atoms. The summed E-state index contributed by atoms with van der Waals surface area (Å²) in [6, 6.07) is 13.1. The lowest BCUT2D eigenvalue weighted by molar-refractivity contribution is -0.385. The topological polar surface area (TPSA) is 86.9 Å². The Bertz CT molecular complexity index is 851. The second-order valence-electron chi connectivity index (χ2n) is 7.45. The minimum absolute atomic E-state index is 0.0597. The number of amides is 1. The SMILES string of the molecule is CN(C)CCC(Cc1ccccc1O)(C(=O)N(C)C)c1cccc([N+](=O)[O-])c1. The number of carbonyl (C=O) groups is 1. The van der Waals surface area contributed by atoms with Crippen LogP contribution in [0.1, 0.15) is 17.5 Å². The molecule has 0 heterocycles. The largest absolute Gasteiger partial charge is 0.508 e. The molecular formula is C21H27N3O4. The third kappa shape index (κ3) is 4.67. The predicted octanol–water partition coefficient (Wildman–Crippen LogP) is 2.82. The molecular weight excluding hydrogens is 358 g/mol. The van der Waals surface area contributed by atoms with Crippen LogP contribution in [0.4, 0.5) is 5.69 Å². The van der Waals surface area contributed by atoms with Gasteiger partial charge in [-0.05, 0) is 50.7 Å². The number of hydrogen-bond donors (Lipinski definition) is 1. The molecule has 0 aliphatic heterocycles. The van der Waals surface area contributed by atoms with Gasteiger partial charge in [-0.1, -0.05) is 30.3 Å². The molecule has 28 heavy (non-hydrogen) atoms. The molecule has 150 valence electrons. The zero-order valence-electron chi connectivity index (χ0n) is 16.8. The molecule has 7 nitrogen and oxygen atoms in total. The number of phenols is 1. The van der Waals surface area contributed by atoms with Crippen LogP contribution in [-0.2, 0) is 16.6 Å². The summed E-state index contributed by atoms with van der Waals surface area (Å²) in [5.74, 6) is -0.0492. The van der Waals surface area contributed by atoms with Crippen LogP contribution in [0.15, 0.2) is 48.5 Å². The second kappa shape index (κ2) is 8.84. The lowest BCUT2D eigenvalue weighted by atomic mass is 9.71. The van der Waals surface area contributed by atoms with E-state index in [2.05, 4.69) is 0 Å². The number of likely N-dealkylation sites (N-methyl/N-ethyl adjacent to an activating group) is 1. The molecule has 0 saturated carbocycles. The van der Waals surface area contributed by atoms with Crippen LogP contribution in [0.25, 0.3) is 0 Å². The van der Waals surface area contributed by atoms with E-state index in [1.54, 1.807) is 50.5 Å². The van der Waals surface area contributed by atoms with Gasteiger partial charge < -0.3 is 14.9 Å². The average Bonchev–Trinajstić information content (AvgIpc) is 2.66. The number of nitrogens with zero attached hydrogens (tertiary/aromatic N) is 3. The van der Waals surface area contributed by atoms with Crippen LogP contribution in [-0.4, -0.2) is 60.5 Å². The number of benzene rings is 2. The first-order valence-electron chi connectivity index (χ1n) is 9.05. The smallest absolute Gasteiger partial charge is 0.269 e. The standard InChI is InChI=1S/C21H27N3O4/c1-22(2)13-12-21(20(26)23(3)4,15-16-8-5-6-11-19(16)25)17-9-7-10-18(14-17)24(27)28/h5-11,14,25H,12-13,15H2,1-4H3. The Morgan fingerprint density at radius 1 is 1.11 bits per heavy atom. The summed E-state index contributed by atoms with van der Waals surface area (Å²) in [7, 11) is 7.18. The van der Waals surface area contributed by atoms with E-state index in [0.29, 0.717) is 24.1 Å². The monoisotopic (exact) mass is 385 g/mol. The number of carbonyl (C=O) groups excluding carboxylic acids is 1. The van der Waals surface area contributed by atoms with E-state index in [4.69, 9.17) is 0 Å². The van der Waals surface area contributed by atoms with Gasteiger partial charge in [0.1, 0.15) is 5.75 Å². The Labute approximate surface area is 165 Å². The zero-order valence-corrected chi connectivity index (χ0v) is 16.8. The van der Waals surface area contributed by atoms with Crippen LogP contribution >= 0.6 is 0 Å². The molecule has 7 heteroatoms. The number of phenolic OH excluding ortho intramolecular Hbond substituents is 1. The average molecular weight is 385 g/mol. The molecule has 2 aromatic carbocycles. The van der Waals surface area contributed by atoms with Gasteiger partial charge in [-0.25, -0.2) is 0 Å². The first kappa shape index (κ1) is 21.4. The number of non-ortho nitro benzene ring substituents is 1. The Kier molecular flexibility index (Phi) is 6.75. The van der Waals surface area contributed by atoms with E-state index in [9.17, 15) is 20.0 Å². The molecule has 0 aromatic heterocycles. The summed E-state index contributed by atoms with van der Waals surface area (Å²) in [5.41, 5.74) is 0.0996. The minimum atomic E-state index is -1.04. The fourth-order valence-electron chi connectivity index (χ4n) is 3.39. The van der Waals surface area contributed by atoms with E-state index in [-0.39, 0.29) is 23.8 Å². The zero-order chi connectivity index (χ0) is 20.9. The first-order chi connectivity index (χ1) is 13.2. The van der Waals surface area contributed by atoms with Crippen molar-refractivity contribution in [2.24, 2.45) is 0 Å². The second-order valence-corrected chi connectivity index (χ2v) is 7.45. The highest BCUT2D eigenvalue weighted by Gasteiger charge is 2.42. The summed E-state index contributed by atoms with van der Waals surface area (Å²) < 4.78 is 0. The normalized spacial score (nSPS) is 13.2. The molecule has 2 aromatic rings. The van der Waals surface area contributed by atoms with Crippen LogP contribution in [0, 0.1) is 10.1 Å². The third-order valence-electron chi connectivity index (χ3n) is 4.89. The summed E-state index contributed by atoms with van der Waals surface area (Å²) in [4.78, 5) is 27.8. The quantitative estimate of drug-likeness (QED) is 0.558. The summed E-state index contributed by atoms with van der Waals surface area (Å²) in [5, 5.41) is 21.6. The first-order valence-corrected chi connectivity index (χ1v) is 9.05. The van der Waals surface area contributed by atoms with E-state index < -0.39 is 10.3 Å². The fourth-order valence-corrected chi connectivity index (χ4v) is 3.39. The highest BCUT2D eigenvalue weighted by atomic mass is 16.6. The highest BCUT2D eigenvalue weighted by molar-refractivity contribution is 5.88. The number of nitro groups is 1. The third-order valence-corrected chi connectivity index (χ3v) is 4.89. The maximum absolute atomic E-state index is 13.4. The van der Waals surface area contributed by atoms with Gasteiger partial charge in [0, 0.05) is 26.2 Å². The van der Waals surface area contributed by atoms with Crippen molar-refractivity contribution < 1.29 is 14.8 Å². The maximum atomic E-state index is 13.4. The Balaban J connectivity index is 2.68. The number of aromatic hydroxyl groups is 1. The van der Waals surface area contributed by atoms with E-state index >= 15 is 0 Å². The Hall–Kier alpha value is -2.93. The van der Waals surface area contributed by atoms with Crippen molar-refractivity contribution in [1.82, 2.24) is 9.80 Å². The molecule has 2 rings (SSSR count). The van der Waals surface area contributed by atoms with Crippen molar-refractivity contribution in [2.45, 2.75) is 18.3 Å². The molecule has 1 unspecified atom stereocenters. The maximum Gasteiger partial charge on any atom is 0.269 e. The molecule has 0 fully saturated rings. The van der Waals surface area contributed by atoms with Gasteiger partial charge in [0.05, 0.1) is 10.3 Å². The fraction of sp³-hybridized carbons (Fsp3) is 0.381. The van der Waals surface area contributed by atoms with Crippen molar-refractivity contribution in [2.75, 3.05) is 34.7 Å². The van der Waals surface area contributed by atoms with Gasteiger partial charge in [-0.2, -0.15) is 0 Å². The summed E-state index contributed by atoms with van der Waals surface area (Å²) in [6.45, 7) is 0.607. The van der Waals surface area contributed by atoms with Gasteiger partial charge in [0.25, 0.3) is 5.69 Å². The van der Waals surface area contributed by atoms with Gasteiger partial charge in [0.2, 0.25) is 5.91 Å². The molecule has 1 amide bonds. The molecule has 0 bridgehead atoms. The number of hydrogen-bond acceptors (Lipinski definition) is 5. The van der Waals surface area contributed by atoms with E-state index in [0.717, 1.165) is 0 Å². The lowest BCUT2D eigenvalue weighted by Crippen LogP contribution is -2.47.